The molecule has 0 saturated carbocycles. The van der Waals surface area contributed by atoms with Crippen molar-refractivity contribution in [3.05, 3.63) is 33.2 Å². The van der Waals surface area contributed by atoms with Crippen LogP contribution in [-0.2, 0) is 12.8 Å². The fraction of sp³-hybridized carbons (Fsp3) is 0.538. The maximum absolute atomic E-state index is 11.8. The Balaban J connectivity index is 2.17. The summed E-state index contributed by atoms with van der Waals surface area (Å²) < 4.78 is 0. The number of amides is 1. The number of hydrogen-bond acceptors (Lipinski definition) is 3. The van der Waals surface area contributed by atoms with Gasteiger partial charge in [-0.05, 0) is 43.7 Å². The van der Waals surface area contributed by atoms with E-state index in [1.54, 1.807) is 6.07 Å². The molecular formula is C13H18N2O3. The zero-order valence-electron chi connectivity index (χ0n) is 10.3. The smallest absolute Gasteiger partial charge is 0.261 e. The first kappa shape index (κ1) is 12.8. The van der Waals surface area contributed by atoms with E-state index in [2.05, 4.69) is 10.3 Å². The Morgan fingerprint density at radius 2 is 2.17 bits per heavy atom. The second kappa shape index (κ2) is 5.82. The molecule has 98 valence electrons. The molecule has 1 heterocycles. The molecule has 0 aliphatic heterocycles. The number of carbonyl (C=O) groups excluding carboxylic acids is 1. The predicted octanol–water partition coefficient (Wildman–Crippen LogP) is 0.366. The number of fused-ring (bicyclic) bond motifs is 1. The van der Waals surface area contributed by atoms with E-state index in [4.69, 9.17) is 5.11 Å². The summed E-state index contributed by atoms with van der Waals surface area (Å²) in [4.78, 5) is 26.4. The third-order valence-electron chi connectivity index (χ3n) is 3.20. The minimum Gasteiger partial charge on any atom is -0.396 e. The number of H-pyrrole nitrogens is 1. The number of aromatic nitrogens is 1. The van der Waals surface area contributed by atoms with Crippen molar-refractivity contribution >= 4 is 5.91 Å². The first-order valence-corrected chi connectivity index (χ1v) is 6.36. The summed E-state index contributed by atoms with van der Waals surface area (Å²) in [6.45, 7) is 0.409. The van der Waals surface area contributed by atoms with Crippen LogP contribution in [0.5, 0.6) is 0 Å². The second-order valence-corrected chi connectivity index (χ2v) is 4.56. The number of hydrogen-bond donors (Lipinski definition) is 3. The molecule has 1 amide bonds. The largest absolute Gasteiger partial charge is 0.396 e. The molecule has 0 radical (unpaired) electrons. The maximum Gasteiger partial charge on any atom is 0.261 e. The SMILES string of the molecule is O=C(NCCCO)c1cc2c([nH]c1=O)CCCC2. The van der Waals surface area contributed by atoms with Gasteiger partial charge in [0.05, 0.1) is 0 Å². The molecular weight excluding hydrogens is 232 g/mol. The van der Waals surface area contributed by atoms with Gasteiger partial charge in [-0.1, -0.05) is 0 Å². The van der Waals surface area contributed by atoms with Crippen LogP contribution in [0, 0.1) is 0 Å². The van der Waals surface area contributed by atoms with Gasteiger partial charge in [-0.15, -0.1) is 0 Å². The lowest BCUT2D eigenvalue weighted by Gasteiger charge is -2.15. The Hall–Kier alpha value is -1.62. The second-order valence-electron chi connectivity index (χ2n) is 4.56. The van der Waals surface area contributed by atoms with E-state index in [0.717, 1.165) is 36.9 Å². The molecule has 0 spiro atoms. The first-order valence-electron chi connectivity index (χ1n) is 6.36. The molecule has 0 bridgehead atoms. The van der Waals surface area contributed by atoms with Crippen LogP contribution in [0.3, 0.4) is 0 Å². The quantitative estimate of drug-likeness (QED) is 0.675. The third kappa shape index (κ3) is 2.79. The molecule has 18 heavy (non-hydrogen) atoms. The number of pyridine rings is 1. The van der Waals surface area contributed by atoms with Gasteiger partial charge in [0.1, 0.15) is 5.56 Å². The van der Waals surface area contributed by atoms with Gasteiger partial charge in [-0.2, -0.15) is 0 Å². The third-order valence-corrected chi connectivity index (χ3v) is 3.20. The highest BCUT2D eigenvalue weighted by Gasteiger charge is 2.16. The monoisotopic (exact) mass is 250 g/mol. The lowest BCUT2D eigenvalue weighted by Crippen LogP contribution is -2.31. The van der Waals surface area contributed by atoms with E-state index in [1.807, 2.05) is 0 Å². The van der Waals surface area contributed by atoms with Gasteiger partial charge in [0.15, 0.2) is 0 Å². The maximum atomic E-state index is 11.8. The number of aromatic amines is 1. The van der Waals surface area contributed by atoms with Crippen molar-refractivity contribution in [2.45, 2.75) is 32.1 Å². The molecule has 1 aromatic rings. The fourth-order valence-corrected chi connectivity index (χ4v) is 2.22. The average Bonchev–Trinajstić information content (AvgIpc) is 2.38. The van der Waals surface area contributed by atoms with Crippen LogP contribution in [0.1, 0.15) is 40.9 Å². The van der Waals surface area contributed by atoms with Crippen molar-refractivity contribution < 1.29 is 9.90 Å². The summed E-state index contributed by atoms with van der Waals surface area (Å²) >= 11 is 0. The van der Waals surface area contributed by atoms with Gasteiger partial charge in [0.2, 0.25) is 0 Å². The molecule has 5 heteroatoms. The van der Waals surface area contributed by atoms with E-state index in [9.17, 15) is 9.59 Å². The number of rotatable bonds is 4. The lowest BCUT2D eigenvalue weighted by molar-refractivity contribution is 0.0949. The molecule has 2 rings (SSSR count). The lowest BCUT2D eigenvalue weighted by atomic mass is 9.95. The molecule has 1 aliphatic carbocycles. The van der Waals surface area contributed by atoms with E-state index in [1.165, 1.54) is 0 Å². The molecule has 0 atom stereocenters. The highest BCUT2D eigenvalue weighted by molar-refractivity contribution is 5.94. The number of aliphatic hydroxyl groups is 1. The molecule has 0 saturated heterocycles. The van der Waals surface area contributed by atoms with Crippen molar-refractivity contribution in [2.24, 2.45) is 0 Å². The highest BCUT2D eigenvalue weighted by Crippen LogP contribution is 2.18. The summed E-state index contributed by atoms with van der Waals surface area (Å²) in [7, 11) is 0. The van der Waals surface area contributed by atoms with E-state index >= 15 is 0 Å². The Bertz CT molecular complexity index is 493. The zero-order chi connectivity index (χ0) is 13.0. The van der Waals surface area contributed by atoms with Crippen molar-refractivity contribution in [1.82, 2.24) is 10.3 Å². The predicted molar refractivity (Wildman–Crippen MR) is 67.7 cm³/mol. The van der Waals surface area contributed by atoms with E-state index in [-0.39, 0.29) is 23.6 Å². The van der Waals surface area contributed by atoms with Crippen molar-refractivity contribution in [3.63, 3.8) is 0 Å². The summed E-state index contributed by atoms with van der Waals surface area (Å²) in [5, 5.41) is 11.3. The Morgan fingerprint density at radius 1 is 1.39 bits per heavy atom. The summed E-state index contributed by atoms with van der Waals surface area (Å²) in [5.41, 5.74) is 1.90. The van der Waals surface area contributed by atoms with Gasteiger partial charge in [0, 0.05) is 18.8 Å². The Labute approximate surface area is 105 Å². The minimum atomic E-state index is -0.363. The average molecular weight is 250 g/mol. The fourth-order valence-electron chi connectivity index (χ4n) is 2.22. The molecule has 0 fully saturated rings. The summed E-state index contributed by atoms with van der Waals surface area (Å²) in [6, 6.07) is 1.71. The van der Waals surface area contributed by atoms with Crippen LogP contribution in [0.2, 0.25) is 0 Å². The van der Waals surface area contributed by atoms with Crippen LogP contribution in [0.4, 0.5) is 0 Å². The standard InChI is InChI=1S/C13H18N2O3/c16-7-3-6-14-12(17)10-8-9-4-1-2-5-11(9)15-13(10)18/h8,16H,1-7H2,(H,14,17)(H,15,18). The first-order chi connectivity index (χ1) is 8.72. The molecule has 1 aliphatic rings. The number of nitrogens with one attached hydrogen (secondary N) is 2. The summed E-state index contributed by atoms with van der Waals surface area (Å²) in [6.07, 6.45) is 4.49. The molecule has 5 nitrogen and oxygen atoms in total. The van der Waals surface area contributed by atoms with Crippen molar-refractivity contribution in [3.8, 4) is 0 Å². The van der Waals surface area contributed by atoms with Gasteiger partial charge >= 0.3 is 0 Å². The van der Waals surface area contributed by atoms with E-state index < -0.39 is 0 Å². The highest BCUT2D eigenvalue weighted by atomic mass is 16.3. The number of aryl methyl sites for hydroxylation is 2. The topological polar surface area (TPSA) is 82.2 Å². The van der Waals surface area contributed by atoms with Crippen molar-refractivity contribution in [1.29, 1.82) is 0 Å². The molecule has 0 aromatic carbocycles. The zero-order valence-corrected chi connectivity index (χ0v) is 10.3. The van der Waals surface area contributed by atoms with Crippen LogP contribution in [-0.4, -0.2) is 29.1 Å². The van der Waals surface area contributed by atoms with Gasteiger partial charge in [-0.25, -0.2) is 0 Å². The van der Waals surface area contributed by atoms with Gasteiger partial charge < -0.3 is 15.4 Å². The Morgan fingerprint density at radius 3 is 2.94 bits per heavy atom. The van der Waals surface area contributed by atoms with Crippen LogP contribution >= 0.6 is 0 Å². The molecule has 3 N–H and O–H groups in total. The van der Waals surface area contributed by atoms with E-state index in [0.29, 0.717) is 13.0 Å². The van der Waals surface area contributed by atoms with Crippen molar-refractivity contribution in [2.75, 3.05) is 13.2 Å². The number of aliphatic hydroxyl groups excluding tert-OH is 1. The summed E-state index contributed by atoms with van der Waals surface area (Å²) in [5.74, 6) is -0.363. The van der Waals surface area contributed by atoms with Crippen LogP contribution in [0.25, 0.3) is 0 Å². The Kier molecular flexibility index (Phi) is 4.15. The minimum absolute atomic E-state index is 0.0286. The normalized spacial score (nSPS) is 14.1. The van der Waals surface area contributed by atoms with Gasteiger partial charge in [-0.3, -0.25) is 9.59 Å². The van der Waals surface area contributed by atoms with Gasteiger partial charge in [0.25, 0.3) is 11.5 Å². The van der Waals surface area contributed by atoms with Crippen LogP contribution in [0.15, 0.2) is 10.9 Å². The number of carbonyl (C=O) groups is 1. The van der Waals surface area contributed by atoms with Crippen LogP contribution < -0.4 is 10.9 Å². The molecule has 0 unspecified atom stereocenters. The molecule has 1 aromatic heterocycles.